The van der Waals surface area contributed by atoms with Gasteiger partial charge in [0, 0.05) is 6.20 Å². The van der Waals surface area contributed by atoms with Crippen LogP contribution in [0.25, 0.3) is 11.3 Å². The molecule has 1 aromatic heterocycles. The fourth-order valence-electron chi connectivity index (χ4n) is 1.69. The summed E-state index contributed by atoms with van der Waals surface area (Å²) in [4.78, 5) is 3.14. The van der Waals surface area contributed by atoms with Gasteiger partial charge in [0.05, 0.1) is 10.7 Å². The van der Waals surface area contributed by atoms with Crippen molar-refractivity contribution >= 4 is 11.6 Å². The Morgan fingerprint density at radius 2 is 1.71 bits per heavy atom. The van der Waals surface area contributed by atoms with E-state index in [4.69, 9.17) is 11.6 Å². The summed E-state index contributed by atoms with van der Waals surface area (Å²) in [6.45, 7) is 4.18. The normalized spacial score (nSPS) is 10.5. The molecular formula is C12H12ClN. The molecule has 0 radical (unpaired) electrons. The number of hydrogen-bond acceptors (Lipinski definition) is 0. The second-order valence-corrected chi connectivity index (χ2v) is 3.98. The Balaban J connectivity index is 2.57. The molecule has 0 fully saturated rings. The van der Waals surface area contributed by atoms with Crippen molar-refractivity contribution in [3.05, 3.63) is 46.6 Å². The van der Waals surface area contributed by atoms with Crippen LogP contribution in [0, 0.1) is 13.8 Å². The molecule has 0 saturated carbocycles. The first-order valence-corrected chi connectivity index (χ1v) is 4.96. The highest BCUT2D eigenvalue weighted by molar-refractivity contribution is 6.33. The lowest BCUT2D eigenvalue weighted by molar-refractivity contribution is 1.35. The molecule has 1 heterocycles. The third-order valence-electron chi connectivity index (χ3n) is 2.21. The molecule has 1 N–H and O–H groups in total. The predicted octanol–water partition coefficient (Wildman–Crippen LogP) is 3.95. The van der Waals surface area contributed by atoms with E-state index in [1.807, 2.05) is 12.3 Å². The molecule has 0 bridgehead atoms. The van der Waals surface area contributed by atoms with E-state index in [-0.39, 0.29) is 0 Å². The van der Waals surface area contributed by atoms with Gasteiger partial charge < -0.3 is 4.98 Å². The van der Waals surface area contributed by atoms with Gasteiger partial charge in [-0.3, -0.25) is 0 Å². The molecule has 2 aromatic rings. The molecule has 0 atom stereocenters. The van der Waals surface area contributed by atoms with Crippen molar-refractivity contribution < 1.29 is 0 Å². The van der Waals surface area contributed by atoms with Crippen molar-refractivity contribution in [1.29, 1.82) is 0 Å². The monoisotopic (exact) mass is 205 g/mol. The largest absolute Gasteiger partial charge is 0.360 e. The Labute approximate surface area is 88.7 Å². The second-order valence-electron chi connectivity index (χ2n) is 3.58. The lowest BCUT2D eigenvalue weighted by Gasteiger charge is -2.03. The number of H-pyrrole nitrogens is 1. The van der Waals surface area contributed by atoms with Crippen LogP contribution in [0.4, 0.5) is 0 Å². The second kappa shape index (κ2) is 3.50. The Morgan fingerprint density at radius 3 is 2.21 bits per heavy atom. The number of halogens is 1. The molecule has 0 spiro atoms. The van der Waals surface area contributed by atoms with E-state index in [0.717, 1.165) is 16.3 Å². The zero-order valence-electron chi connectivity index (χ0n) is 8.26. The highest BCUT2D eigenvalue weighted by Gasteiger charge is 2.04. The van der Waals surface area contributed by atoms with E-state index in [9.17, 15) is 0 Å². The molecule has 2 heteroatoms. The van der Waals surface area contributed by atoms with Crippen molar-refractivity contribution in [2.24, 2.45) is 0 Å². The van der Waals surface area contributed by atoms with E-state index >= 15 is 0 Å². The maximum Gasteiger partial charge on any atom is 0.0661 e. The van der Waals surface area contributed by atoms with Gasteiger partial charge in [0.25, 0.3) is 0 Å². The lowest BCUT2D eigenvalue weighted by Crippen LogP contribution is -1.83. The van der Waals surface area contributed by atoms with E-state index in [1.54, 1.807) is 0 Å². The molecule has 0 amide bonds. The van der Waals surface area contributed by atoms with Crippen molar-refractivity contribution in [3.63, 3.8) is 0 Å². The van der Waals surface area contributed by atoms with Crippen LogP contribution in [0.3, 0.4) is 0 Å². The topological polar surface area (TPSA) is 15.8 Å². The predicted molar refractivity (Wildman–Crippen MR) is 60.7 cm³/mol. The average Bonchev–Trinajstić information content (AvgIpc) is 2.49. The molecule has 0 aliphatic carbocycles. The molecule has 0 aliphatic rings. The number of rotatable bonds is 1. The van der Waals surface area contributed by atoms with Gasteiger partial charge in [-0.05, 0) is 37.6 Å². The van der Waals surface area contributed by atoms with Crippen LogP contribution in [0.5, 0.6) is 0 Å². The standard InChI is InChI=1S/C12H12ClN/c1-8-5-9(2)7-10(6-8)12-11(13)3-4-14-12/h3-7,14H,1-2H3. The fraction of sp³-hybridized carbons (Fsp3) is 0.167. The molecule has 0 saturated heterocycles. The van der Waals surface area contributed by atoms with Crippen LogP contribution < -0.4 is 0 Å². The summed E-state index contributed by atoms with van der Waals surface area (Å²) < 4.78 is 0. The van der Waals surface area contributed by atoms with Gasteiger partial charge in [0.2, 0.25) is 0 Å². The third-order valence-corrected chi connectivity index (χ3v) is 2.52. The quantitative estimate of drug-likeness (QED) is 0.726. The van der Waals surface area contributed by atoms with Crippen LogP contribution in [0.2, 0.25) is 5.02 Å². The number of aromatic amines is 1. The van der Waals surface area contributed by atoms with E-state index in [0.29, 0.717) is 0 Å². The zero-order chi connectivity index (χ0) is 10.1. The van der Waals surface area contributed by atoms with Crippen molar-refractivity contribution in [1.82, 2.24) is 4.98 Å². The van der Waals surface area contributed by atoms with Gasteiger partial charge in [-0.25, -0.2) is 0 Å². The van der Waals surface area contributed by atoms with Gasteiger partial charge in [0.1, 0.15) is 0 Å². The SMILES string of the molecule is Cc1cc(C)cc(-c2[nH]ccc2Cl)c1. The first-order valence-electron chi connectivity index (χ1n) is 4.58. The van der Waals surface area contributed by atoms with Gasteiger partial charge >= 0.3 is 0 Å². The molecule has 2 rings (SSSR count). The zero-order valence-corrected chi connectivity index (χ0v) is 9.02. The minimum Gasteiger partial charge on any atom is -0.360 e. The van der Waals surface area contributed by atoms with Gasteiger partial charge in [-0.1, -0.05) is 28.8 Å². The summed E-state index contributed by atoms with van der Waals surface area (Å²) in [5, 5.41) is 0.773. The number of aryl methyl sites for hydroxylation is 2. The highest BCUT2D eigenvalue weighted by atomic mass is 35.5. The number of hydrogen-bond donors (Lipinski definition) is 1. The maximum absolute atomic E-state index is 6.05. The maximum atomic E-state index is 6.05. The summed E-state index contributed by atoms with van der Waals surface area (Å²) in [5.41, 5.74) is 4.66. The third kappa shape index (κ3) is 1.68. The highest BCUT2D eigenvalue weighted by Crippen LogP contribution is 2.27. The Kier molecular flexibility index (Phi) is 2.34. The summed E-state index contributed by atoms with van der Waals surface area (Å²) >= 11 is 6.05. The number of nitrogens with one attached hydrogen (secondary N) is 1. The minimum atomic E-state index is 0.773. The van der Waals surface area contributed by atoms with Gasteiger partial charge in [-0.15, -0.1) is 0 Å². The van der Waals surface area contributed by atoms with Gasteiger partial charge in [0.15, 0.2) is 0 Å². The van der Waals surface area contributed by atoms with Crippen LogP contribution in [0.1, 0.15) is 11.1 Å². The van der Waals surface area contributed by atoms with Crippen molar-refractivity contribution in [2.75, 3.05) is 0 Å². The first-order chi connectivity index (χ1) is 6.66. The summed E-state index contributed by atoms with van der Waals surface area (Å²) in [6.07, 6.45) is 1.86. The number of benzene rings is 1. The summed E-state index contributed by atoms with van der Waals surface area (Å²) in [7, 11) is 0. The molecule has 14 heavy (non-hydrogen) atoms. The van der Waals surface area contributed by atoms with E-state index in [2.05, 4.69) is 37.0 Å². The Hall–Kier alpha value is -1.21. The Bertz CT molecular complexity index is 437. The molecule has 1 nitrogen and oxygen atoms in total. The van der Waals surface area contributed by atoms with E-state index in [1.165, 1.54) is 11.1 Å². The number of aromatic nitrogens is 1. The molecule has 72 valence electrons. The van der Waals surface area contributed by atoms with Crippen LogP contribution >= 0.6 is 11.6 Å². The van der Waals surface area contributed by atoms with Crippen LogP contribution in [0.15, 0.2) is 30.5 Å². The van der Waals surface area contributed by atoms with Crippen molar-refractivity contribution in [2.45, 2.75) is 13.8 Å². The molecule has 0 aliphatic heterocycles. The summed E-state index contributed by atoms with van der Waals surface area (Å²) in [6, 6.07) is 8.28. The molecule has 0 unspecified atom stereocenters. The van der Waals surface area contributed by atoms with Crippen LogP contribution in [-0.4, -0.2) is 4.98 Å². The van der Waals surface area contributed by atoms with E-state index < -0.39 is 0 Å². The van der Waals surface area contributed by atoms with Crippen molar-refractivity contribution in [3.8, 4) is 11.3 Å². The molecule has 1 aromatic carbocycles. The first kappa shape index (κ1) is 9.35. The Morgan fingerprint density at radius 1 is 1.07 bits per heavy atom. The van der Waals surface area contributed by atoms with Gasteiger partial charge in [-0.2, -0.15) is 0 Å². The minimum absolute atomic E-state index is 0.773. The molecular weight excluding hydrogens is 194 g/mol. The smallest absolute Gasteiger partial charge is 0.0661 e. The lowest BCUT2D eigenvalue weighted by atomic mass is 10.1. The fourth-order valence-corrected chi connectivity index (χ4v) is 1.92. The summed E-state index contributed by atoms with van der Waals surface area (Å²) in [5.74, 6) is 0. The average molecular weight is 206 g/mol. The van der Waals surface area contributed by atoms with Crippen LogP contribution in [-0.2, 0) is 0 Å².